The summed E-state index contributed by atoms with van der Waals surface area (Å²) >= 11 is 0. The van der Waals surface area contributed by atoms with Crippen molar-refractivity contribution < 1.29 is 4.79 Å². The number of hydrogen-bond donors (Lipinski definition) is 1. The highest BCUT2D eigenvalue weighted by Gasteiger charge is 2.42. The normalized spacial score (nSPS) is 34.7. The van der Waals surface area contributed by atoms with Crippen molar-refractivity contribution in [1.29, 1.82) is 0 Å². The monoisotopic (exact) mass is 238 g/mol. The van der Waals surface area contributed by atoms with Crippen LogP contribution in [0.1, 0.15) is 39.5 Å². The Morgan fingerprint density at radius 1 is 1.24 bits per heavy atom. The van der Waals surface area contributed by atoms with Gasteiger partial charge in [0.05, 0.1) is 6.04 Å². The molecule has 0 radical (unpaired) electrons. The third-order valence-electron chi connectivity index (χ3n) is 4.76. The van der Waals surface area contributed by atoms with Crippen molar-refractivity contribution >= 4 is 5.91 Å². The molecule has 0 aromatic carbocycles. The summed E-state index contributed by atoms with van der Waals surface area (Å²) < 4.78 is 0. The Bertz CT molecular complexity index is 290. The minimum atomic E-state index is -0.0564. The number of likely N-dealkylation sites (N-methyl/N-ethyl adjacent to an activating group) is 1. The van der Waals surface area contributed by atoms with E-state index in [1.165, 1.54) is 25.7 Å². The molecule has 2 fully saturated rings. The lowest BCUT2D eigenvalue weighted by Crippen LogP contribution is -2.48. The van der Waals surface area contributed by atoms with Gasteiger partial charge in [-0.05, 0) is 50.9 Å². The van der Waals surface area contributed by atoms with E-state index in [0.29, 0.717) is 6.04 Å². The van der Waals surface area contributed by atoms with Gasteiger partial charge >= 0.3 is 0 Å². The highest BCUT2D eigenvalue weighted by Crippen LogP contribution is 2.49. The predicted molar refractivity (Wildman–Crippen MR) is 69.7 cm³/mol. The molecule has 2 saturated carbocycles. The van der Waals surface area contributed by atoms with Crippen LogP contribution in [-0.4, -0.2) is 37.0 Å². The third-order valence-corrected chi connectivity index (χ3v) is 4.76. The van der Waals surface area contributed by atoms with Gasteiger partial charge in [-0.1, -0.05) is 6.42 Å². The van der Waals surface area contributed by atoms with Crippen LogP contribution in [0.2, 0.25) is 0 Å². The molecule has 2 bridgehead atoms. The van der Waals surface area contributed by atoms with Gasteiger partial charge in [0, 0.05) is 20.1 Å². The molecule has 3 nitrogen and oxygen atoms in total. The second kappa shape index (κ2) is 4.97. The summed E-state index contributed by atoms with van der Waals surface area (Å²) in [6.07, 6.45) is 5.67. The first-order chi connectivity index (χ1) is 7.99. The summed E-state index contributed by atoms with van der Waals surface area (Å²) in [7, 11) is 3.64. The molecule has 1 N–H and O–H groups in total. The average molecular weight is 238 g/mol. The molecule has 98 valence electrons. The SMILES string of the molecule is CC(NC(C)C1C[C@H]2CC[C@@H]1C2)C(=O)N(C)C. The maximum atomic E-state index is 11.8. The highest BCUT2D eigenvalue weighted by atomic mass is 16.2. The fourth-order valence-corrected chi connectivity index (χ4v) is 3.88. The van der Waals surface area contributed by atoms with Crippen molar-refractivity contribution in [2.24, 2.45) is 17.8 Å². The number of carbonyl (C=O) groups excluding carboxylic acids is 1. The molecule has 0 spiro atoms. The minimum Gasteiger partial charge on any atom is -0.347 e. The number of carbonyl (C=O) groups is 1. The Morgan fingerprint density at radius 2 is 1.94 bits per heavy atom. The van der Waals surface area contributed by atoms with Crippen molar-refractivity contribution in [3.63, 3.8) is 0 Å². The van der Waals surface area contributed by atoms with E-state index in [-0.39, 0.29) is 11.9 Å². The Morgan fingerprint density at radius 3 is 2.41 bits per heavy atom. The molecule has 1 amide bonds. The number of hydrogen-bond acceptors (Lipinski definition) is 2. The van der Waals surface area contributed by atoms with Crippen LogP contribution in [0, 0.1) is 17.8 Å². The van der Waals surface area contributed by atoms with Crippen LogP contribution < -0.4 is 5.32 Å². The van der Waals surface area contributed by atoms with Crippen LogP contribution in [0.4, 0.5) is 0 Å². The van der Waals surface area contributed by atoms with Crippen molar-refractivity contribution in [2.45, 2.75) is 51.6 Å². The van der Waals surface area contributed by atoms with Crippen LogP contribution >= 0.6 is 0 Å². The fraction of sp³-hybridized carbons (Fsp3) is 0.929. The van der Waals surface area contributed by atoms with Gasteiger partial charge in [-0.15, -0.1) is 0 Å². The first-order valence-corrected chi connectivity index (χ1v) is 6.96. The second-order valence-electron chi connectivity index (χ2n) is 6.25. The molecule has 3 unspecified atom stereocenters. The number of nitrogens with one attached hydrogen (secondary N) is 1. The third kappa shape index (κ3) is 2.65. The summed E-state index contributed by atoms with van der Waals surface area (Å²) in [5.74, 6) is 2.88. The number of amides is 1. The van der Waals surface area contributed by atoms with Gasteiger partial charge in [-0.2, -0.15) is 0 Å². The zero-order chi connectivity index (χ0) is 12.6. The molecule has 17 heavy (non-hydrogen) atoms. The van der Waals surface area contributed by atoms with E-state index < -0.39 is 0 Å². The summed E-state index contributed by atoms with van der Waals surface area (Å²) in [5, 5.41) is 3.50. The first kappa shape index (κ1) is 12.9. The summed E-state index contributed by atoms with van der Waals surface area (Å²) in [5.41, 5.74) is 0. The molecule has 3 heteroatoms. The van der Waals surface area contributed by atoms with Crippen molar-refractivity contribution in [3.8, 4) is 0 Å². The van der Waals surface area contributed by atoms with E-state index >= 15 is 0 Å². The topological polar surface area (TPSA) is 32.3 Å². The molecule has 0 saturated heterocycles. The predicted octanol–water partition coefficient (Wildman–Crippen LogP) is 1.88. The fourth-order valence-electron chi connectivity index (χ4n) is 3.88. The Hall–Kier alpha value is -0.570. The smallest absolute Gasteiger partial charge is 0.238 e. The van der Waals surface area contributed by atoms with E-state index in [4.69, 9.17) is 0 Å². The van der Waals surface area contributed by atoms with Gasteiger partial charge < -0.3 is 10.2 Å². The number of rotatable bonds is 4. The molecule has 5 atom stereocenters. The molecular weight excluding hydrogens is 212 g/mol. The molecule has 0 aliphatic heterocycles. The van der Waals surface area contributed by atoms with Crippen LogP contribution in [0.25, 0.3) is 0 Å². The largest absolute Gasteiger partial charge is 0.347 e. The summed E-state index contributed by atoms with van der Waals surface area (Å²) in [4.78, 5) is 13.5. The molecule has 0 aromatic heterocycles. The van der Waals surface area contributed by atoms with E-state index in [2.05, 4.69) is 12.2 Å². The molecule has 0 aromatic rings. The zero-order valence-electron chi connectivity index (χ0n) is 11.6. The van der Waals surface area contributed by atoms with Gasteiger partial charge in [0.25, 0.3) is 0 Å². The molecular formula is C14H26N2O. The lowest BCUT2D eigenvalue weighted by Gasteiger charge is -2.31. The Balaban J connectivity index is 1.85. The zero-order valence-corrected chi connectivity index (χ0v) is 11.6. The molecule has 2 aliphatic rings. The van der Waals surface area contributed by atoms with E-state index in [1.54, 1.807) is 4.90 Å². The maximum absolute atomic E-state index is 11.8. The van der Waals surface area contributed by atoms with Crippen LogP contribution in [0.15, 0.2) is 0 Å². The van der Waals surface area contributed by atoms with Gasteiger partial charge in [0.15, 0.2) is 0 Å². The maximum Gasteiger partial charge on any atom is 0.238 e. The first-order valence-electron chi connectivity index (χ1n) is 6.96. The lowest BCUT2D eigenvalue weighted by atomic mass is 9.84. The van der Waals surface area contributed by atoms with Crippen LogP contribution in [-0.2, 0) is 4.79 Å². The van der Waals surface area contributed by atoms with Crippen LogP contribution in [0.3, 0.4) is 0 Å². The van der Waals surface area contributed by atoms with Crippen molar-refractivity contribution in [1.82, 2.24) is 10.2 Å². The van der Waals surface area contributed by atoms with Crippen molar-refractivity contribution in [2.75, 3.05) is 14.1 Å². The Labute approximate surface area is 105 Å². The van der Waals surface area contributed by atoms with Crippen molar-refractivity contribution in [3.05, 3.63) is 0 Å². The molecule has 2 rings (SSSR count). The number of fused-ring (bicyclic) bond motifs is 2. The Kier molecular flexibility index (Phi) is 3.76. The minimum absolute atomic E-state index is 0.0564. The van der Waals surface area contributed by atoms with E-state index in [9.17, 15) is 4.79 Å². The highest BCUT2D eigenvalue weighted by molar-refractivity contribution is 5.80. The van der Waals surface area contributed by atoms with Gasteiger partial charge in [-0.3, -0.25) is 4.79 Å². The van der Waals surface area contributed by atoms with Gasteiger partial charge in [0.1, 0.15) is 0 Å². The number of nitrogens with zero attached hydrogens (tertiary/aromatic N) is 1. The van der Waals surface area contributed by atoms with Gasteiger partial charge in [-0.25, -0.2) is 0 Å². The summed E-state index contributed by atoms with van der Waals surface area (Å²) in [6.45, 7) is 4.23. The second-order valence-corrected chi connectivity index (χ2v) is 6.25. The van der Waals surface area contributed by atoms with E-state index in [0.717, 1.165) is 17.8 Å². The van der Waals surface area contributed by atoms with E-state index in [1.807, 2.05) is 21.0 Å². The lowest BCUT2D eigenvalue weighted by molar-refractivity contribution is -0.130. The molecule has 2 aliphatic carbocycles. The summed E-state index contributed by atoms with van der Waals surface area (Å²) in [6, 6.07) is 0.420. The van der Waals surface area contributed by atoms with Crippen LogP contribution in [0.5, 0.6) is 0 Å². The standard InChI is InChI=1S/C14H26N2O/c1-9(15-10(2)14(17)16(3)4)13-8-11-5-6-12(13)7-11/h9-13,15H,5-8H2,1-4H3/t9?,10?,11-,12+,13?/m0/s1. The quantitative estimate of drug-likeness (QED) is 0.811. The average Bonchev–Trinajstić information content (AvgIpc) is 2.89. The van der Waals surface area contributed by atoms with Gasteiger partial charge in [0.2, 0.25) is 5.91 Å². The molecule has 0 heterocycles.